The van der Waals surface area contributed by atoms with Crippen molar-refractivity contribution in [1.29, 1.82) is 0 Å². The Morgan fingerprint density at radius 3 is 1.97 bits per heavy atom. The van der Waals surface area contributed by atoms with Crippen LogP contribution in [0.25, 0.3) is 0 Å². The van der Waals surface area contributed by atoms with Gasteiger partial charge in [-0.3, -0.25) is 0 Å². The van der Waals surface area contributed by atoms with Crippen molar-refractivity contribution < 1.29 is 18.8 Å². The molecular formula is C24H38O4P+. The third kappa shape index (κ3) is 8.09. The van der Waals surface area contributed by atoms with Crippen LogP contribution >= 0.6 is 7.80 Å². The van der Waals surface area contributed by atoms with Gasteiger partial charge in [-0.15, -0.1) is 0 Å². The molecule has 1 aromatic carbocycles. The van der Waals surface area contributed by atoms with Crippen molar-refractivity contribution in [3.05, 3.63) is 23.8 Å². The number of carbonyl (C=O) groups is 1. The summed E-state index contributed by atoms with van der Waals surface area (Å²) in [5.74, 6) is 1.87. The molecule has 4 nitrogen and oxygen atoms in total. The minimum atomic E-state index is -1.95. The molecule has 1 saturated carbocycles. The minimum absolute atomic E-state index is 0.302. The molecule has 162 valence electrons. The summed E-state index contributed by atoms with van der Waals surface area (Å²) in [7, 11) is 1.07. The number of ether oxygens (including phenoxy) is 2. The second-order valence-corrected chi connectivity index (χ2v) is 9.82. The Morgan fingerprint density at radius 2 is 1.41 bits per heavy atom. The van der Waals surface area contributed by atoms with E-state index in [-0.39, 0.29) is 5.52 Å². The number of carbonyl (C=O) groups excluding carboxylic acids is 1. The van der Waals surface area contributed by atoms with Gasteiger partial charge in [0.05, 0.1) is 14.2 Å². The summed E-state index contributed by atoms with van der Waals surface area (Å²) in [5, 5.41) is 0. The number of benzene rings is 1. The predicted octanol–water partition coefficient (Wildman–Crippen LogP) is 7.37. The fraction of sp³-hybridized carbons (Fsp3) is 0.708. The Kier molecular flexibility index (Phi) is 11.3. The maximum Gasteiger partial charge on any atom is 0.420 e. The van der Waals surface area contributed by atoms with Gasteiger partial charge in [0.1, 0.15) is 11.5 Å². The first kappa shape index (κ1) is 23.9. The van der Waals surface area contributed by atoms with Gasteiger partial charge in [0.25, 0.3) is 0 Å². The fourth-order valence-electron chi connectivity index (χ4n) is 4.34. The molecule has 1 aromatic rings. The standard InChI is InChI=1S/C24H38O4P/c1-27-21-17-13-18-22(28-2)23(21)24(25)29(26)19-12-8-6-4-3-5-7-9-14-20-15-10-11-16-20/h13,17-18,20H,3-12,14-16,19H2,1-2H3/q+1. The maximum atomic E-state index is 12.6. The summed E-state index contributed by atoms with van der Waals surface area (Å²) in [6.07, 6.45) is 17.4. The van der Waals surface area contributed by atoms with Crippen LogP contribution in [0, 0.1) is 5.92 Å². The summed E-state index contributed by atoms with van der Waals surface area (Å²) in [4.78, 5) is 12.6. The van der Waals surface area contributed by atoms with Crippen molar-refractivity contribution in [2.75, 3.05) is 20.4 Å². The van der Waals surface area contributed by atoms with E-state index in [0.717, 1.165) is 25.2 Å². The Balaban J connectivity index is 1.56. The molecule has 29 heavy (non-hydrogen) atoms. The molecule has 1 aliphatic carbocycles. The molecule has 0 heterocycles. The predicted molar refractivity (Wildman–Crippen MR) is 120 cm³/mol. The van der Waals surface area contributed by atoms with Crippen LogP contribution in [0.2, 0.25) is 0 Å². The SMILES string of the molecule is COc1cccc(OC)c1C(=O)[P+](=O)CCCCCCCCCCC1CCCC1. The van der Waals surface area contributed by atoms with E-state index in [1.807, 2.05) is 0 Å². The van der Waals surface area contributed by atoms with Gasteiger partial charge in [-0.25, -0.2) is 4.79 Å². The number of unbranched alkanes of at least 4 members (excludes halogenated alkanes) is 7. The van der Waals surface area contributed by atoms with E-state index >= 15 is 0 Å². The minimum Gasteiger partial charge on any atom is -0.496 e. The van der Waals surface area contributed by atoms with Crippen molar-refractivity contribution in [2.45, 2.75) is 83.5 Å². The molecule has 0 spiro atoms. The average Bonchev–Trinajstić information content (AvgIpc) is 3.27. The molecule has 0 bridgehead atoms. The molecular weight excluding hydrogens is 383 g/mol. The molecule has 5 heteroatoms. The largest absolute Gasteiger partial charge is 0.496 e. The molecule has 0 aliphatic heterocycles. The number of hydrogen-bond acceptors (Lipinski definition) is 4. The zero-order valence-corrected chi connectivity index (χ0v) is 19.2. The van der Waals surface area contributed by atoms with Gasteiger partial charge in [0.15, 0.2) is 11.7 Å². The summed E-state index contributed by atoms with van der Waals surface area (Å²) < 4.78 is 23.0. The molecule has 1 aliphatic rings. The molecule has 1 atom stereocenters. The first-order valence-electron chi connectivity index (χ1n) is 11.4. The van der Waals surface area contributed by atoms with Gasteiger partial charge in [-0.05, 0) is 30.9 Å². The molecule has 1 fully saturated rings. The average molecular weight is 422 g/mol. The Morgan fingerprint density at radius 1 is 0.897 bits per heavy atom. The van der Waals surface area contributed by atoms with Crippen LogP contribution in [-0.2, 0) is 4.57 Å². The summed E-state index contributed by atoms with van der Waals surface area (Å²) in [6, 6.07) is 5.16. The van der Waals surface area contributed by atoms with Gasteiger partial charge >= 0.3 is 13.3 Å². The molecule has 0 saturated heterocycles. The number of hydrogen-bond donors (Lipinski definition) is 0. The monoisotopic (exact) mass is 421 g/mol. The van der Waals surface area contributed by atoms with Crippen LogP contribution in [0.4, 0.5) is 0 Å². The van der Waals surface area contributed by atoms with Crippen LogP contribution in [0.5, 0.6) is 11.5 Å². The van der Waals surface area contributed by atoms with Crippen LogP contribution in [0.15, 0.2) is 18.2 Å². The third-order valence-corrected chi connectivity index (χ3v) is 7.47. The van der Waals surface area contributed by atoms with E-state index in [9.17, 15) is 9.36 Å². The first-order chi connectivity index (χ1) is 14.2. The third-order valence-electron chi connectivity index (χ3n) is 6.07. The molecule has 0 N–H and O–H groups in total. The first-order valence-corrected chi connectivity index (χ1v) is 12.8. The van der Waals surface area contributed by atoms with Crippen molar-refractivity contribution in [3.63, 3.8) is 0 Å². The van der Waals surface area contributed by atoms with Crippen LogP contribution in [-0.4, -0.2) is 25.9 Å². The van der Waals surface area contributed by atoms with Gasteiger partial charge in [0.2, 0.25) is 0 Å². The highest BCUT2D eigenvalue weighted by molar-refractivity contribution is 7.64. The van der Waals surface area contributed by atoms with Gasteiger partial charge < -0.3 is 9.47 Å². The lowest BCUT2D eigenvalue weighted by molar-refractivity contribution is 0.107. The van der Waals surface area contributed by atoms with E-state index in [2.05, 4.69) is 0 Å². The van der Waals surface area contributed by atoms with Crippen LogP contribution < -0.4 is 9.47 Å². The molecule has 0 amide bonds. The van der Waals surface area contributed by atoms with E-state index < -0.39 is 7.80 Å². The van der Waals surface area contributed by atoms with Crippen molar-refractivity contribution in [3.8, 4) is 11.5 Å². The Bertz CT molecular complexity index is 616. The Hall–Kier alpha value is -1.41. The van der Waals surface area contributed by atoms with E-state index in [1.165, 1.54) is 78.4 Å². The highest BCUT2D eigenvalue weighted by atomic mass is 31.1. The Labute approximate surface area is 177 Å². The van der Waals surface area contributed by atoms with E-state index in [0.29, 0.717) is 23.2 Å². The highest BCUT2D eigenvalue weighted by Gasteiger charge is 2.34. The van der Waals surface area contributed by atoms with Gasteiger partial charge in [-0.2, -0.15) is 0 Å². The number of rotatable bonds is 15. The molecule has 0 aromatic heterocycles. The maximum absolute atomic E-state index is 12.6. The zero-order chi connectivity index (χ0) is 20.9. The van der Waals surface area contributed by atoms with Gasteiger partial charge in [0, 0.05) is 0 Å². The van der Waals surface area contributed by atoms with E-state index in [1.54, 1.807) is 18.2 Å². The van der Waals surface area contributed by atoms with E-state index in [4.69, 9.17) is 9.47 Å². The summed E-state index contributed by atoms with van der Waals surface area (Å²) >= 11 is 0. The molecule has 1 unspecified atom stereocenters. The second kappa shape index (κ2) is 13.7. The summed E-state index contributed by atoms with van der Waals surface area (Å²) in [6.45, 7) is 0. The lowest BCUT2D eigenvalue weighted by Crippen LogP contribution is -2.03. The fourth-order valence-corrected chi connectivity index (χ4v) is 5.52. The van der Waals surface area contributed by atoms with Crippen LogP contribution in [0.1, 0.15) is 93.8 Å². The van der Waals surface area contributed by atoms with Gasteiger partial charge in [-0.1, -0.05) is 81.3 Å². The quantitative estimate of drug-likeness (QED) is 0.219. The summed E-state index contributed by atoms with van der Waals surface area (Å²) in [5.41, 5.74) is -0.0622. The zero-order valence-electron chi connectivity index (χ0n) is 18.3. The lowest BCUT2D eigenvalue weighted by Gasteiger charge is -2.08. The van der Waals surface area contributed by atoms with Crippen molar-refractivity contribution >= 4 is 13.3 Å². The lowest BCUT2D eigenvalue weighted by atomic mass is 9.99. The molecule has 2 rings (SSSR count). The highest BCUT2D eigenvalue weighted by Crippen LogP contribution is 2.38. The van der Waals surface area contributed by atoms with Crippen molar-refractivity contribution in [1.82, 2.24) is 0 Å². The van der Waals surface area contributed by atoms with Crippen LogP contribution in [0.3, 0.4) is 0 Å². The smallest absolute Gasteiger partial charge is 0.420 e. The number of methoxy groups -OCH3 is 2. The van der Waals surface area contributed by atoms with Crippen molar-refractivity contribution in [2.24, 2.45) is 5.92 Å². The second-order valence-electron chi connectivity index (χ2n) is 8.21. The normalized spacial score (nSPS) is 14.8. The topological polar surface area (TPSA) is 52.6 Å². The molecule has 0 radical (unpaired) electrons.